The topological polar surface area (TPSA) is 149 Å². The lowest BCUT2D eigenvalue weighted by Gasteiger charge is -2.25. The maximum atomic E-state index is 13.5. The highest BCUT2D eigenvalue weighted by molar-refractivity contribution is 5.96. The number of rotatable bonds is 10. The number of nitro groups is 1. The molecular weight excluding hydrogens is 440 g/mol. The van der Waals surface area contributed by atoms with Crippen LogP contribution in [0.25, 0.3) is 10.9 Å². The minimum Gasteiger partial charge on any atom is -0.383 e. The molecule has 1 amide bonds. The number of hydrogen-bond donors (Lipinski definition) is 2. The number of benzene rings is 1. The molecule has 1 aromatic carbocycles. The van der Waals surface area contributed by atoms with E-state index in [0.29, 0.717) is 30.3 Å². The fourth-order valence-corrected chi connectivity index (χ4v) is 3.79. The van der Waals surface area contributed by atoms with Crippen molar-refractivity contribution in [2.24, 2.45) is 5.92 Å². The second-order valence-corrected chi connectivity index (χ2v) is 8.67. The van der Waals surface area contributed by atoms with Gasteiger partial charge >= 0.3 is 5.69 Å². The molecule has 3 aromatic rings. The number of nitrogens with zero attached hydrogens (tertiary/aromatic N) is 4. The SMILES string of the molecule is CCCCn1c(N)c(N(CCC(C)C)C(=O)Cn2ccc3cc([N+](=O)[O-])ccc32)c(=O)[nH]c1=O. The predicted octanol–water partition coefficient (Wildman–Crippen LogP) is 2.86. The smallest absolute Gasteiger partial charge is 0.330 e. The third-order valence-corrected chi connectivity index (χ3v) is 5.72. The van der Waals surface area contributed by atoms with Crippen LogP contribution < -0.4 is 21.9 Å². The number of nitrogen functional groups attached to an aromatic ring is 1. The van der Waals surface area contributed by atoms with Crippen LogP contribution in [0.3, 0.4) is 0 Å². The van der Waals surface area contributed by atoms with Gasteiger partial charge in [-0.1, -0.05) is 27.2 Å². The fourth-order valence-electron chi connectivity index (χ4n) is 3.79. The van der Waals surface area contributed by atoms with Gasteiger partial charge in [0.2, 0.25) is 5.91 Å². The Morgan fingerprint density at radius 1 is 1.26 bits per heavy atom. The summed E-state index contributed by atoms with van der Waals surface area (Å²) in [5.41, 5.74) is 5.53. The molecule has 0 spiro atoms. The molecule has 0 aliphatic heterocycles. The van der Waals surface area contributed by atoms with E-state index >= 15 is 0 Å². The molecular formula is C23H30N6O5. The Labute approximate surface area is 195 Å². The van der Waals surface area contributed by atoms with Gasteiger partial charge in [0.05, 0.1) is 4.92 Å². The van der Waals surface area contributed by atoms with Crippen molar-refractivity contribution in [3.63, 3.8) is 0 Å². The van der Waals surface area contributed by atoms with Crippen LogP contribution in [0.5, 0.6) is 0 Å². The van der Waals surface area contributed by atoms with Crippen LogP contribution in [0.2, 0.25) is 0 Å². The molecule has 34 heavy (non-hydrogen) atoms. The molecule has 0 radical (unpaired) electrons. The monoisotopic (exact) mass is 470 g/mol. The zero-order valence-electron chi connectivity index (χ0n) is 19.6. The number of aromatic nitrogens is 3. The number of carbonyl (C=O) groups excluding carboxylic acids is 1. The Morgan fingerprint density at radius 3 is 2.65 bits per heavy atom. The number of amides is 1. The average molecular weight is 471 g/mol. The summed E-state index contributed by atoms with van der Waals surface area (Å²) in [4.78, 5) is 52.8. The van der Waals surface area contributed by atoms with Crippen LogP contribution in [0.1, 0.15) is 40.0 Å². The summed E-state index contributed by atoms with van der Waals surface area (Å²) in [5.74, 6) is -0.156. The number of nitrogens with two attached hydrogens (primary N) is 1. The Morgan fingerprint density at radius 2 is 2.00 bits per heavy atom. The van der Waals surface area contributed by atoms with E-state index in [1.165, 1.54) is 21.6 Å². The van der Waals surface area contributed by atoms with Crippen molar-refractivity contribution >= 4 is 34.0 Å². The molecule has 11 heteroatoms. The van der Waals surface area contributed by atoms with Gasteiger partial charge in [-0.3, -0.25) is 29.3 Å². The van der Waals surface area contributed by atoms with Crippen LogP contribution in [-0.4, -0.2) is 31.5 Å². The van der Waals surface area contributed by atoms with E-state index in [2.05, 4.69) is 4.98 Å². The summed E-state index contributed by atoms with van der Waals surface area (Å²) >= 11 is 0. The van der Waals surface area contributed by atoms with E-state index in [9.17, 15) is 24.5 Å². The normalized spacial score (nSPS) is 11.3. The first-order chi connectivity index (χ1) is 16.1. The number of fused-ring (bicyclic) bond motifs is 1. The van der Waals surface area contributed by atoms with Gasteiger partial charge in [0.1, 0.15) is 12.4 Å². The van der Waals surface area contributed by atoms with Gasteiger partial charge in [-0.25, -0.2) is 4.79 Å². The first-order valence-corrected chi connectivity index (χ1v) is 11.3. The Bertz CT molecular complexity index is 1320. The Hall–Kier alpha value is -3.89. The van der Waals surface area contributed by atoms with Crippen molar-refractivity contribution in [2.75, 3.05) is 17.2 Å². The van der Waals surface area contributed by atoms with Gasteiger partial charge in [0.25, 0.3) is 11.2 Å². The highest BCUT2D eigenvalue weighted by Crippen LogP contribution is 2.23. The van der Waals surface area contributed by atoms with Crippen LogP contribution >= 0.6 is 0 Å². The minimum absolute atomic E-state index is 0.0338. The van der Waals surface area contributed by atoms with E-state index in [-0.39, 0.29) is 42.1 Å². The average Bonchev–Trinajstić information content (AvgIpc) is 3.17. The van der Waals surface area contributed by atoms with Gasteiger partial charge < -0.3 is 15.2 Å². The molecule has 0 saturated heterocycles. The standard InChI is InChI=1S/C23H30N6O5/c1-4-5-10-28-21(24)20(22(31)25-23(28)32)27(12-8-15(2)3)19(30)14-26-11-9-16-13-17(29(33)34)6-7-18(16)26/h6-7,9,11,13,15H,4-5,8,10,12,14,24H2,1-3H3,(H,25,31,32). The van der Waals surface area contributed by atoms with Crippen molar-refractivity contribution in [1.82, 2.24) is 14.1 Å². The van der Waals surface area contributed by atoms with Crippen LogP contribution in [0.15, 0.2) is 40.1 Å². The van der Waals surface area contributed by atoms with Crippen LogP contribution in [0.4, 0.5) is 17.2 Å². The third kappa shape index (κ3) is 5.19. The first-order valence-electron chi connectivity index (χ1n) is 11.3. The largest absolute Gasteiger partial charge is 0.383 e. The van der Waals surface area contributed by atoms with E-state index < -0.39 is 16.2 Å². The summed E-state index contributed by atoms with van der Waals surface area (Å²) in [6, 6.07) is 6.11. The van der Waals surface area contributed by atoms with Gasteiger partial charge in [0.15, 0.2) is 5.69 Å². The lowest BCUT2D eigenvalue weighted by atomic mass is 10.1. The molecule has 0 aliphatic carbocycles. The van der Waals surface area contributed by atoms with Crippen LogP contribution in [-0.2, 0) is 17.9 Å². The summed E-state index contributed by atoms with van der Waals surface area (Å²) in [6.07, 6.45) is 3.81. The Kier molecular flexibility index (Phi) is 7.54. The number of carbonyl (C=O) groups is 1. The van der Waals surface area contributed by atoms with Gasteiger partial charge in [-0.15, -0.1) is 0 Å². The van der Waals surface area contributed by atoms with Crippen molar-refractivity contribution in [3.05, 3.63) is 61.4 Å². The number of non-ortho nitro benzene ring substituents is 1. The molecule has 0 fully saturated rings. The molecule has 182 valence electrons. The molecule has 3 rings (SSSR count). The second kappa shape index (κ2) is 10.4. The number of nitrogens with one attached hydrogen (secondary N) is 1. The second-order valence-electron chi connectivity index (χ2n) is 8.67. The van der Waals surface area contributed by atoms with Gasteiger partial charge in [-0.2, -0.15) is 0 Å². The number of aromatic amines is 1. The van der Waals surface area contributed by atoms with Gasteiger partial charge in [-0.05, 0) is 30.9 Å². The lowest BCUT2D eigenvalue weighted by molar-refractivity contribution is -0.384. The molecule has 0 saturated carbocycles. The summed E-state index contributed by atoms with van der Waals surface area (Å²) in [6.45, 7) is 6.46. The van der Waals surface area contributed by atoms with Crippen molar-refractivity contribution in [3.8, 4) is 0 Å². The molecule has 11 nitrogen and oxygen atoms in total. The third-order valence-electron chi connectivity index (χ3n) is 5.72. The van der Waals surface area contributed by atoms with Gasteiger partial charge in [0, 0.05) is 42.3 Å². The maximum absolute atomic E-state index is 13.5. The highest BCUT2D eigenvalue weighted by atomic mass is 16.6. The lowest BCUT2D eigenvalue weighted by Crippen LogP contribution is -2.43. The number of nitro benzene ring substituents is 1. The van der Waals surface area contributed by atoms with Crippen LogP contribution in [0, 0.1) is 16.0 Å². The molecule has 2 aromatic heterocycles. The highest BCUT2D eigenvalue weighted by Gasteiger charge is 2.25. The molecule has 0 aliphatic rings. The number of hydrogen-bond acceptors (Lipinski definition) is 6. The maximum Gasteiger partial charge on any atom is 0.330 e. The molecule has 0 atom stereocenters. The van der Waals surface area contributed by atoms with E-state index in [4.69, 9.17) is 5.73 Å². The quantitative estimate of drug-likeness (QED) is 0.344. The van der Waals surface area contributed by atoms with Crippen molar-refractivity contribution in [2.45, 2.75) is 53.1 Å². The molecule has 0 unspecified atom stereocenters. The zero-order chi connectivity index (χ0) is 25.0. The van der Waals surface area contributed by atoms with E-state index in [1.54, 1.807) is 22.9 Å². The summed E-state index contributed by atoms with van der Waals surface area (Å²) in [5, 5.41) is 11.7. The van der Waals surface area contributed by atoms with E-state index in [0.717, 1.165) is 6.42 Å². The van der Waals surface area contributed by atoms with E-state index in [1.807, 2.05) is 20.8 Å². The predicted molar refractivity (Wildman–Crippen MR) is 131 cm³/mol. The Balaban J connectivity index is 2.01. The van der Waals surface area contributed by atoms with Crippen molar-refractivity contribution < 1.29 is 9.72 Å². The number of anilines is 2. The summed E-state index contributed by atoms with van der Waals surface area (Å²) < 4.78 is 2.96. The van der Waals surface area contributed by atoms with Crippen molar-refractivity contribution in [1.29, 1.82) is 0 Å². The first kappa shape index (κ1) is 24.7. The molecule has 3 N–H and O–H groups in total. The number of H-pyrrole nitrogens is 1. The fraction of sp³-hybridized carbons (Fsp3) is 0.435. The minimum atomic E-state index is -0.708. The molecule has 0 bridgehead atoms. The number of unbranched alkanes of at least 4 members (excludes halogenated alkanes) is 1. The summed E-state index contributed by atoms with van der Waals surface area (Å²) in [7, 11) is 0. The zero-order valence-corrected chi connectivity index (χ0v) is 19.6. The molecule has 2 heterocycles.